The summed E-state index contributed by atoms with van der Waals surface area (Å²) < 4.78 is 4.73. The van der Waals surface area contributed by atoms with E-state index in [9.17, 15) is 9.59 Å². The highest BCUT2D eigenvalue weighted by Gasteiger charge is 2.07. The van der Waals surface area contributed by atoms with Gasteiger partial charge in [0.1, 0.15) is 6.61 Å². The fraction of sp³-hybridized carbons (Fsp3) is 0.300. The van der Waals surface area contributed by atoms with E-state index in [1.807, 2.05) is 0 Å². The molecule has 0 bridgehead atoms. The van der Waals surface area contributed by atoms with Crippen molar-refractivity contribution in [1.29, 1.82) is 0 Å². The molecule has 8 heteroatoms. The van der Waals surface area contributed by atoms with Crippen molar-refractivity contribution in [3.63, 3.8) is 0 Å². The van der Waals surface area contributed by atoms with E-state index in [0.29, 0.717) is 10.9 Å². The topological polar surface area (TPSA) is 88.5 Å². The minimum Gasteiger partial charge on any atom is -0.481 e. The summed E-state index contributed by atoms with van der Waals surface area (Å²) >= 11 is 2.51. The van der Waals surface area contributed by atoms with E-state index < -0.39 is 12.1 Å². The maximum absolute atomic E-state index is 11.2. The number of ether oxygens (including phenoxy) is 1. The smallest absolute Gasteiger partial charge is 0.413 e. The van der Waals surface area contributed by atoms with Crippen LogP contribution in [0.2, 0.25) is 0 Å². The van der Waals surface area contributed by atoms with Crippen LogP contribution in [0.15, 0.2) is 18.0 Å². The van der Waals surface area contributed by atoms with E-state index in [1.165, 1.54) is 29.2 Å². The van der Waals surface area contributed by atoms with Crippen molar-refractivity contribution >= 4 is 40.3 Å². The third-order valence-electron chi connectivity index (χ3n) is 1.57. The van der Waals surface area contributed by atoms with Gasteiger partial charge in [-0.2, -0.15) is 0 Å². The number of carboxylic acids is 1. The number of thioether (sulfide) groups is 1. The van der Waals surface area contributed by atoms with Crippen LogP contribution in [0.4, 0.5) is 9.93 Å². The summed E-state index contributed by atoms with van der Waals surface area (Å²) in [6, 6.07) is 0. The zero-order chi connectivity index (χ0) is 13.4. The highest BCUT2D eigenvalue weighted by molar-refractivity contribution is 7.99. The van der Waals surface area contributed by atoms with Crippen LogP contribution in [0.5, 0.6) is 0 Å². The number of aliphatic carboxylic acids is 1. The lowest BCUT2D eigenvalue weighted by atomic mass is 10.6. The number of hydrogen-bond acceptors (Lipinski definition) is 6. The fourth-order valence-corrected chi connectivity index (χ4v) is 2.37. The number of carboxylic acid groups (broad SMARTS) is 1. The van der Waals surface area contributed by atoms with Gasteiger partial charge >= 0.3 is 12.1 Å². The second-order valence-corrected chi connectivity index (χ2v) is 4.89. The molecule has 0 saturated heterocycles. The molecular formula is C10H12N2O4S2. The van der Waals surface area contributed by atoms with Gasteiger partial charge in [-0.25, -0.2) is 9.78 Å². The fourth-order valence-electron chi connectivity index (χ4n) is 0.932. The van der Waals surface area contributed by atoms with Gasteiger partial charge in [-0.3, -0.25) is 10.1 Å². The largest absolute Gasteiger partial charge is 0.481 e. The van der Waals surface area contributed by atoms with Gasteiger partial charge in [0.05, 0.1) is 11.4 Å². The van der Waals surface area contributed by atoms with E-state index in [1.54, 1.807) is 5.38 Å². The number of nitrogens with one attached hydrogen (secondary N) is 1. The number of thiazole rings is 1. The molecule has 0 fully saturated rings. The third kappa shape index (κ3) is 5.69. The molecule has 0 atom stereocenters. The van der Waals surface area contributed by atoms with Gasteiger partial charge in [-0.15, -0.1) is 23.1 Å². The van der Waals surface area contributed by atoms with E-state index in [-0.39, 0.29) is 12.4 Å². The van der Waals surface area contributed by atoms with Crippen molar-refractivity contribution in [2.75, 3.05) is 17.7 Å². The van der Waals surface area contributed by atoms with Crippen LogP contribution in [0.1, 0.15) is 5.69 Å². The molecule has 1 rings (SSSR count). The Kier molecular flexibility index (Phi) is 6.23. The van der Waals surface area contributed by atoms with Crippen LogP contribution in [-0.4, -0.2) is 34.5 Å². The lowest BCUT2D eigenvalue weighted by Crippen LogP contribution is -2.13. The van der Waals surface area contributed by atoms with E-state index >= 15 is 0 Å². The molecule has 0 radical (unpaired) electrons. The van der Waals surface area contributed by atoms with Gasteiger partial charge in [-0.1, -0.05) is 12.7 Å². The number of amides is 1. The number of anilines is 1. The second kappa shape index (κ2) is 7.72. The molecule has 1 amide bonds. The average molecular weight is 288 g/mol. The van der Waals surface area contributed by atoms with Gasteiger partial charge in [0.25, 0.3) is 0 Å². The highest BCUT2D eigenvalue weighted by Crippen LogP contribution is 2.19. The number of carbonyl (C=O) groups excluding carboxylic acids is 1. The Morgan fingerprint density at radius 1 is 1.67 bits per heavy atom. The lowest BCUT2D eigenvalue weighted by molar-refractivity contribution is -0.133. The first-order valence-corrected chi connectivity index (χ1v) is 6.94. The summed E-state index contributed by atoms with van der Waals surface area (Å²) in [4.78, 5) is 25.6. The Balaban J connectivity index is 2.35. The molecule has 0 spiro atoms. The lowest BCUT2D eigenvalue weighted by Gasteiger charge is -2.00. The Bertz CT molecular complexity index is 433. The molecule has 1 aromatic rings. The summed E-state index contributed by atoms with van der Waals surface area (Å²) in [5.41, 5.74) is 0.727. The van der Waals surface area contributed by atoms with Gasteiger partial charge in [0, 0.05) is 11.1 Å². The quantitative estimate of drug-likeness (QED) is 0.748. The van der Waals surface area contributed by atoms with Crippen LogP contribution in [0.3, 0.4) is 0 Å². The van der Waals surface area contributed by atoms with Gasteiger partial charge in [0.2, 0.25) is 0 Å². The maximum atomic E-state index is 11.2. The predicted molar refractivity (Wildman–Crippen MR) is 71.1 cm³/mol. The molecule has 1 aromatic heterocycles. The maximum Gasteiger partial charge on any atom is 0.413 e. The molecule has 1 heterocycles. The van der Waals surface area contributed by atoms with E-state index in [0.717, 1.165) is 5.69 Å². The standard InChI is InChI=1S/C10H12N2O4S2/c1-2-3-16-10(15)12-9-11-7(5-18-9)4-17-6-8(13)14/h2,5H,1,3-4,6H2,(H,13,14)(H,11,12,15). The van der Waals surface area contributed by atoms with Crippen LogP contribution in [-0.2, 0) is 15.3 Å². The number of hydrogen-bond donors (Lipinski definition) is 2. The minimum absolute atomic E-state index is 0.0294. The van der Waals surface area contributed by atoms with Crippen LogP contribution < -0.4 is 5.32 Å². The third-order valence-corrected chi connectivity index (χ3v) is 3.33. The summed E-state index contributed by atoms with van der Waals surface area (Å²) in [7, 11) is 0. The molecular weight excluding hydrogens is 276 g/mol. The van der Waals surface area contributed by atoms with E-state index in [2.05, 4.69) is 16.9 Å². The molecule has 0 aliphatic carbocycles. The summed E-state index contributed by atoms with van der Waals surface area (Å²) in [6.45, 7) is 3.56. The van der Waals surface area contributed by atoms with Crippen molar-refractivity contribution in [2.45, 2.75) is 5.75 Å². The molecule has 6 nitrogen and oxygen atoms in total. The average Bonchev–Trinajstić information content (AvgIpc) is 2.73. The molecule has 0 aliphatic heterocycles. The number of nitrogens with zero attached hydrogens (tertiary/aromatic N) is 1. The van der Waals surface area contributed by atoms with Gasteiger partial charge in [0.15, 0.2) is 5.13 Å². The van der Waals surface area contributed by atoms with Gasteiger partial charge < -0.3 is 9.84 Å². The van der Waals surface area contributed by atoms with Crippen molar-refractivity contribution in [3.05, 3.63) is 23.7 Å². The first-order valence-electron chi connectivity index (χ1n) is 4.90. The Morgan fingerprint density at radius 2 is 2.44 bits per heavy atom. The zero-order valence-electron chi connectivity index (χ0n) is 9.42. The normalized spacial score (nSPS) is 9.78. The molecule has 18 heavy (non-hydrogen) atoms. The Hall–Kier alpha value is -1.54. The molecule has 0 aromatic carbocycles. The second-order valence-electron chi connectivity index (χ2n) is 3.04. The van der Waals surface area contributed by atoms with E-state index in [4.69, 9.17) is 9.84 Å². The van der Waals surface area contributed by atoms with Gasteiger partial charge in [-0.05, 0) is 0 Å². The molecule has 0 saturated carbocycles. The molecule has 0 aliphatic rings. The van der Waals surface area contributed by atoms with Crippen molar-refractivity contribution < 1.29 is 19.4 Å². The molecule has 0 unspecified atom stereocenters. The Labute approximate surface area is 112 Å². The zero-order valence-corrected chi connectivity index (χ0v) is 11.1. The first-order chi connectivity index (χ1) is 8.61. The van der Waals surface area contributed by atoms with Crippen molar-refractivity contribution in [3.8, 4) is 0 Å². The SMILES string of the molecule is C=CCOC(=O)Nc1nc(CSCC(=O)O)cs1. The van der Waals surface area contributed by atoms with Crippen molar-refractivity contribution in [2.24, 2.45) is 0 Å². The predicted octanol–water partition coefficient (Wildman–Crippen LogP) is 2.20. The van der Waals surface area contributed by atoms with Crippen molar-refractivity contribution in [1.82, 2.24) is 4.98 Å². The van der Waals surface area contributed by atoms with Crippen LogP contribution in [0.25, 0.3) is 0 Å². The van der Waals surface area contributed by atoms with Crippen LogP contribution >= 0.6 is 23.1 Å². The highest BCUT2D eigenvalue weighted by atomic mass is 32.2. The monoisotopic (exact) mass is 288 g/mol. The first kappa shape index (κ1) is 14.5. The number of rotatable bonds is 7. The summed E-state index contributed by atoms with van der Waals surface area (Å²) in [5.74, 6) is -0.338. The van der Waals surface area contributed by atoms with Crippen LogP contribution in [0, 0.1) is 0 Å². The summed E-state index contributed by atoms with van der Waals surface area (Å²) in [6.07, 6.45) is 0.879. The number of aromatic nitrogens is 1. The molecule has 98 valence electrons. The number of carbonyl (C=O) groups is 2. The minimum atomic E-state index is -0.860. The summed E-state index contributed by atoms with van der Waals surface area (Å²) in [5, 5.41) is 13.1. The Morgan fingerprint density at radius 3 is 3.11 bits per heavy atom. The molecule has 2 N–H and O–H groups in total.